The molecule has 5 nitrogen and oxygen atoms in total. The number of hydrogen-bond acceptors (Lipinski definition) is 3. The molecule has 2 aliphatic rings. The third kappa shape index (κ3) is 2.77. The molecule has 0 spiro atoms. The maximum atomic E-state index is 11.9. The quantitative estimate of drug-likeness (QED) is 0.832. The van der Waals surface area contributed by atoms with Crippen LogP contribution in [0.25, 0.3) is 0 Å². The molecule has 0 unspecified atom stereocenters. The number of benzene rings is 1. The summed E-state index contributed by atoms with van der Waals surface area (Å²) in [6, 6.07) is 9.00. The van der Waals surface area contributed by atoms with Crippen LogP contribution in [0.2, 0.25) is 0 Å². The first-order valence-electron chi connectivity index (χ1n) is 7.03. The average Bonchev–Trinajstić information content (AvgIpc) is 3.07. The van der Waals surface area contributed by atoms with E-state index < -0.39 is 18.0 Å². The van der Waals surface area contributed by atoms with E-state index in [0.29, 0.717) is 0 Å². The number of allylic oxidation sites excluding steroid dienone is 1. The normalized spacial score (nSPS) is 29.3. The Balaban J connectivity index is 1.57. The molecular formula is C16H17NO4. The fraction of sp³-hybridized carbons (Fsp3) is 0.375. The van der Waals surface area contributed by atoms with Gasteiger partial charge < -0.3 is 15.2 Å². The van der Waals surface area contributed by atoms with Gasteiger partial charge in [-0.2, -0.15) is 0 Å². The van der Waals surface area contributed by atoms with Gasteiger partial charge in [-0.25, -0.2) is 4.79 Å². The van der Waals surface area contributed by atoms with Crippen molar-refractivity contribution in [1.82, 2.24) is 5.32 Å². The number of rotatable bonds is 4. The van der Waals surface area contributed by atoms with Crippen molar-refractivity contribution >= 4 is 12.1 Å². The van der Waals surface area contributed by atoms with E-state index in [1.165, 1.54) is 0 Å². The Morgan fingerprint density at radius 1 is 1.19 bits per heavy atom. The molecule has 5 heteroatoms. The molecule has 1 saturated carbocycles. The Morgan fingerprint density at radius 3 is 2.62 bits per heavy atom. The number of fused-ring (bicyclic) bond motifs is 2. The zero-order valence-corrected chi connectivity index (χ0v) is 11.4. The molecule has 1 amide bonds. The van der Waals surface area contributed by atoms with Crippen molar-refractivity contribution in [2.45, 2.75) is 19.1 Å². The zero-order valence-electron chi connectivity index (χ0n) is 11.4. The standard InChI is InChI=1S/C16H17NO4/c18-15(19)13-11-6-7-12(8-11)14(13)17-16(20)21-9-10-4-2-1-3-5-10/h1-7,11-14H,8-9H2,(H,17,20)(H,18,19)/t11-,12-,13+,14-/m1/s1. The monoisotopic (exact) mass is 287 g/mol. The molecule has 2 bridgehead atoms. The Kier molecular flexibility index (Phi) is 3.64. The lowest BCUT2D eigenvalue weighted by Gasteiger charge is -2.25. The van der Waals surface area contributed by atoms with Gasteiger partial charge in [0.1, 0.15) is 6.61 Å². The maximum Gasteiger partial charge on any atom is 0.407 e. The number of carboxylic acid groups (broad SMARTS) is 1. The number of carbonyl (C=O) groups excluding carboxylic acids is 1. The van der Waals surface area contributed by atoms with Gasteiger partial charge in [-0.05, 0) is 23.8 Å². The maximum absolute atomic E-state index is 11.9. The zero-order chi connectivity index (χ0) is 14.8. The highest BCUT2D eigenvalue weighted by Gasteiger charge is 2.49. The van der Waals surface area contributed by atoms with Gasteiger partial charge in [-0.15, -0.1) is 0 Å². The Morgan fingerprint density at radius 2 is 1.90 bits per heavy atom. The van der Waals surface area contributed by atoms with Crippen LogP contribution in [0.1, 0.15) is 12.0 Å². The van der Waals surface area contributed by atoms with Crippen molar-refractivity contribution in [3.63, 3.8) is 0 Å². The molecule has 0 heterocycles. The molecule has 1 aromatic carbocycles. The number of nitrogens with one attached hydrogen (secondary N) is 1. The molecule has 0 aromatic heterocycles. The van der Waals surface area contributed by atoms with Crippen LogP contribution < -0.4 is 5.32 Å². The summed E-state index contributed by atoms with van der Waals surface area (Å²) in [4.78, 5) is 23.2. The first-order valence-corrected chi connectivity index (χ1v) is 7.03. The van der Waals surface area contributed by atoms with E-state index in [1.54, 1.807) is 0 Å². The number of carbonyl (C=O) groups is 2. The molecule has 0 aliphatic heterocycles. The highest BCUT2D eigenvalue weighted by Crippen LogP contribution is 2.43. The van der Waals surface area contributed by atoms with Crippen LogP contribution >= 0.6 is 0 Å². The summed E-state index contributed by atoms with van der Waals surface area (Å²) in [6.45, 7) is 0.182. The number of ether oxygens (including phenoxy) is 1. The Hall–Kier alpha value is -2.30. The van der Waals surface area contributed by atoms with Gasteiger partial charge in [0, 0.05) is 0 Å². The predicted octanol–water partition coefficient (Wildman–Crippen LogP) is 2.19. The van der Waals surface area contributed by atoms with Crippen molar-refractivity contribution in [3.05, 3.63) is 48.0 Å². The molecule has 0 radical (unpaired) electrons. The largest absolute Gasteiger partial charge is 0.481 e. The summed E-state index contributed by atoms with van der Waals surface area (Å²) in [6.07, 6.45) is 4.17. The number of amides is 1. The van der Waals surface area contributed by atoms with E-state index in [1.807, 2.05) is 42.5 Å². The second kappa shape index (κ2) is 5.60. The van der Waals surface area contributed by atoms with Crippen molar-refractivity contribution in [2.75, 3.05) is 0 Å². The minimum Gasteiger partial charge on any atom is -0.481 e. The highest BCUT2D eigenvalue weighted by atomic mass is 16.5. The van der Waals surface area contributed by atoms with Gasteiger partial charge in [0.2, 0.25) is 0 Å². The van der Waals surface area contributed by atoms with Crippen molar-refractivity contribution < 1.29 is 19.4 Å². The first-order chi connectivity index (χ1) is 10.1. The minimum atomic E-state index is -0.861. The van der Waals surface area contributed by atoms with Crippen LogP contribution in [0, 0.1) is 17.8 Å². The van der Waals surface area contributed by atoms with Gasteiger partial charge in [-0.1, -0.05) is 42.5 Å². The molecule has 2 aliphatic carbocycles. The second-order valence-corrected chi connectivity index (χ2v) is 5.54. The van der Waals surface area contributed by atoms with E-state index in [-0.39, 0.29) is 24.5 Å². The smallest absolute Gasteiger partial charge is 0.407 e. The topological polar surface area (TPSA) is 75.6 Å². The number of aliphatic carboxylic acids is 1. The highest BCUT2D eigenvalue weighted by molar-refractivity contribution is 5.75. The van der Waals surface area contributed by atoms with E-state index >= 15 is 0 Å². The molecule has 1 fully saturated rings. The summed E-state index contributed by atoms with van der Waals surface area (Å²) in [5.74, 6) is -1.29. The van der Waals surface area contributed by atoms with Gasteiger partial charge in [0.15, 0.2) is 0 Å². The SMILES string of the molecule is O=C(N[C@H]1[C@@H](C(=O)O)[C@@H]2C=C[C@@H]1C2)OCc1ccccc1. The lowest BCUT2D eigenvalue weighted by Crippen LogP contribution is -2.45. The number of hydrogen-bond donors (Lipinski definition) is 2. The van der Waals surface area contributed by atoms with Crippen molar-refractivity contribution in [2.24, 2.45) is 17.8 Å². The van der Waals surface area contributed by atoms with Gasteiger partial charge in [0.05, 0.1) is 12.0 Å². The molecule has 4 atom stereocenters. The van der Waals surface area contributed by atoms with Crippen LogP contribution in [0.4, 0.5) is 4.79 Å². The van der Waals surface area contributed by atoms with Crippen molar-refractivity contribution in [3.8, 4) is 0 Å². The lowest BCUT2D eigenvalue weighted by atomic mass is 9.89. The number of alkyl carbamates (subject to hydrolysis) is 1. The van der Waals surface area contributed by atoms with Crippen LogP contribution in [0.5, 0.6) is 0 Å². The minimum absolute atomic E-state index is 0.0203. The molecule has 110 valence electrons. The van der Waals surface area contributed by atoms with Crippen LogP contribution in [0.3, 0.4) is 0 Å². The molecule has 3 rings (SSSR count). The molecule has 0 saturated heterocycles. The lowest BCUT2D eigenvalue weighted by molar-refractivity contribution is -0.143. The number of carboxylic acids is 1. The van der Waals surface area contributed by atoms with E-state index in [0.717, 1.165) is 12.0 Å². The second-order valence-electron chi connectivity index (χ2n) is 5.54. The van der Waals surface area contributed by atoms with Crippen molar-refractivity contribution in [1.29, 1.82) is 0 Å². The fourth-order valence-electron chi connectivity index (χ4n) is 3.26. The predicted molar refractivity (Wildman–Crippen MR) is 75.4 cm³/mol. The molecule has 21 heavy (non-hydrogen) atoms. The summed E-state index contributed by atoms with van der Waals surface area (Å²) < 4.78 is 5.16. The third-order valence-corrected chi connectivity index (χ3v) is 4.24. The average molecular weight is 287 g/mol. The molecule has 2 N–H and O–H groups in total. The molecular weight excluding hydrogens is 270 g/mol. The van der Waals surface area contributed by atoms with Crippen LogP contribution in [-0.4, -0.2) is 23.2 Å². The van der Waals surface area contributed by atoms with Crippen LogP contribution in [-0.2, 0) is 16.1 Å². The van der Waals surface area contributed by atoms with Gasteiger partial charge >= 0.3 is 12.1 Å². The van der Waals surface area contributed by atoms with Gasteiger partial charge in [-0.3, -0.25) is 4.79 Å². The summed E-state index contributed by atoms with van der Waals surface area (Å²) >= 11 is 0. The summed E-state index contributed by atoms with van der Waals surface area (Å²) in [5, 5.41) is 12.0. The Bertz CT molecular complexity index is 569. The van der Waals surface area contributed by atoms with E-state index in [4.69, 9.17) is 4.74 Å². The third-order valence-electron chi connectivity index (χ3n) is 4.24. The summed E-state index contributed by atoms with van der Waals surface area (Å²) in [5.41, 5.74) is 0.898. The van der Waals surface area contributed by atoms with Gasteiger partial charge in [0.25, 0.3) is 0 Å². The summed E-state index contributed by atoms with van der Waals surface area (Å²) in [7, 11) is 0. The fourth-order valence-corrected chi connectivity index (χ4v) is 3.26. The van der Waals surface area contributed by atoms with Crippen LogP contribution in [0.15, 0.2) is 42.5 Å². The van der Waals surface area contributed by atoms with E-state index in [2.05, 4.69) is 5.32 Å². The Labute approximate surface area is 122 Å². The molecule has 1 aromatic rings. The van der Waals surface area contributed by atoms with E-state index in [9.17, 15) is 14.7 Å². The first kappa shape index (κ1) is 13.7.